The average Bonchev–Trinajstić information content (AvgIpc) is 2.68. The van der Waals surface area contributed by atoms with Crippen LogP contribution in [0.15, 0.2) is 12.4 Å². The Kier molecular flexibility index (Phi) is 3.23. The van der Waals surface area contributed by atoms with Gasteiger partial charge in [-0.2, -0.15) is 0 Å². The van der Waals surface area contributed by atoms with Gasteiger partial charge in [0.05, 0.1) is 5.01 Å². The summed E-state index contributed by atoms with van der Waals surface area (Å²) in [4.78, 5) is 13.7. The quantitative estimate of drug-likeness (QED) is 0.853. The van der Waals surface area contributed by atoms with E-state index in [-0.39, 0.29) is 0 Å². The Labute approximate surface area is 92.6 Å². The summed E-state index contributed by atoms with van der Waals surface area (Å²) < 4.78 is 0. The average molecular weight is 222 g/mol. The van der Waals surface area contributed by atoms with E-state index in [1.165, 1.54) is 0 Å². The van der Waals surface area contributed by atoms with Crippen LogP contribution >= 0.6 is 11.3 Å². The Morgan fingerprint density at radius 3 is 2.87 bits per heavy atom. The molecule has 2 aromatic rings. The van der Waals surface area contributed by atoms with Crippen molar-refractivity contribution in [2.24, 2.45) is 11.7 Å². The number of fused-ring (bicyclic) bond motifs is 1. The van der Waals surface area contributed by atoms with Gasteiger partial charge in [-0.3, -0.25) is 0 Å². The summed E-state index contributed by atoms with van der Waals surface area (Å²) in [5.41, 5.74) is 6.43. The molecule has 0 radical (unpaired) electrons. The van der Waals surface area contributed by atoms with Gasteiger partial charge in [-0.25, -0.2) is 15.0 Å². The lowest BCUT2D eigenvalue weighted by Crippen LogP contribution is -2.15. The molecule has 2 N–H and O–H groups in total. The summed E-state index contributed by atoms with van der Waals surface area (Å²) in [6.45, 7) is 2.87. The van der Waals surface area contributed by atoms with Gasteiger partial charge in [0.15, 0.2) is 10.5 Å². The number of hydrogen-bond donors (Lipinski definition) is 1. The Morgan fingerprint density at radius 2 is 2.20 bits per heavy atom. The molecule has 0 saturated heterocycles. The molecule has 15 heavy (non-hydrogen) atoms. The lowest BCUT2D eigenvalue weighted by Gasteiger charge is -2.08. The molecule has 0 saturated carbocycles. The second-order valence-corrected chi connectivity index (χ2v) is 4.57. The van der Waals surface area contributed by atoms with E-state index >= 15 is 0 Å². The summed E-state index contributed by atoms with van der Waals surface area (Å²) in [7, 11) is 0. The van der Waals surface area contributed by atoms with Crippen molar-refractivity contribution in [3.8, 4) is 0 Å². The van der Waals surface area contributed by atoms with Gasteiger partial charge in [-0.1, -0.05) is 24.7 Å². The molecule has 0 aliphatic rings. The SMILES string of the molecule is CCC(CN)Cc1nc2nccnc2s1. The molecule has 0 bridgehead atoms. The fourth-order valence-corrected chi connectivity index (χ4v) is 2.43. The molecule has 0 aliphatic carbocycles. The first kappa shape index (κ1) is 10.4. The van der Waals surface area contributed by atoms with Crippen molar-refractivity contribution in [1.82, 2.24) is 15.0 Å². The van der Waals surface area contributed by atoms with Crippen LogP contribution in [0.2, 0.25) is 0 Å². The number of rotatable bonds is 4. The van der Waals surface area contributed by atoms with E-state index in [1.807, 2.05) is 0 Å². The van der Waals surface area contributed by atoms with Crippen molar-refractivity contribution in [2.45, 2.75) is 19.8 Å². The van der Waals surface area contributed by atoms with Crippen LogP contribution in [0, 0.1) is 5.92 Å². The van der Waals surface area contributed by atoms with Gasteiger partial charge < -0.3 is 5.73 Å². The Morgan fingerprint density at radius 1 is 1.40 bits per heavy atom. The molecule has 0 aliphatic heterocycles. The van der Waals surface area contributed by atoms with Crippen LogP contribution in [0.3, 0.4) is 0 Å². The first-order valence-electron chi connectivity index (χ1n) is 5.10. The third-order valence-corrected chi connectivity index (χ3v) is 3.44. The number of aromatic nitrogens is 3. The van der Waals surface area contributed by atoms with Crippen LogP contribution in [-0.4, -0.2) is 21.5 Å². The standard InChI is InChI=1S/C10H14N4S/c1-2-7(6-11)5-8-14-9-10(15-8)13-4-3-12-9/h3-4,7H,2,5-6,11H2,1H3. The molecule has 1 unspecified atom stereocenters. The van der Waals surface area contributed by atoms with Crippen molar-refractivity contribution in [1.29, 1.82) is 0 Å². The maximum absolute atomic E-state index is 5.67. The predicted octanol–water partition coefficient (Wildman–Crippen LogP) is 1.61. The molecular weight excluding hydrogens is 208 g/mol. The van der Waals surface area contributed by atoms with Crippen LogP contribution in [0.1, 0.15) is 18.4 Å². The molecule has 1 atom stereocenters. The minimum absolute atomic E-state index is 0.519. The molecular formula is C10H14N4S. The summed E-state index contributed by atoms with van der Waals surface area (Å²) in [6, 6.07) is 0. The fourth-order valence-electron chi connectivity index (χ4n) is 1.45. The number of hydrogen-bond acceptors (Lipinski definition) is 5. The van der Waals surface area contributed by atoms with Crippen molar-refractivity contribution in [3.05, 3.63) is 17.4 Å². The summed E-state index contributed by atoms with van der Waals surface area (Å²) in [5, 5.41) is 1.09. The van der Waals surface area contributed by atoms with E-state index in [1.54, 1.807) is 23.7 Å². The van der Waals surface area contributed by atoms with Gasteiger partial charge >= 0.3 is 0 Å². The third kappa shape index (κ3) is 2.30. The Bertz CT molecular complexity index is 403. The highest BCUT2D eigenvalue weighted by atomic mass is 32.1. The molecule has 0 fully saturated rings. The van der Waals surface area contributed by atoms with E-state index in [0.717, 1.165) is 28.3 Å². The van der Waals surface area contributed by atoms with Gasteiger partial charge in [0.1, 0.15) is 0 Å². The Hall–Kier alpha value is -1.07. The van der Waals surface area contributed by atoms with E-state index in [0.29, 0.717) is 12.5 Å². The van der Waals surface area contributed by atoms with E-state index in [2.05, 4.69) is 21.9 Å². The molecule has 0 amide bonds. The molecule has 0 spiro atoms. The van der Waals surface area contributed by atoms with Crippen LogP contribution in [0.4, 0.5) is 0 Å². The van der Waals surface area contributed by atoms with Crippen molar-refractivity contribution >= 4 is 21.8 Å². The number of thiazole rings is 1. The molecule has 2 rings (SSSR count). The highest BCUT2D eigenvalue weighted by Crippen LogP contribution is 2.20. The van der Waals surface area contributed by atoms with Crippen LogP contribution in [0.5, 0.6) is 0 Å². The molecule has 0 aromatic carbocycles. The zero-order valence-electron chi connectivity index (χ0n) is 8.68. The Balaban J connectivity index is 2.21. The summed E-state index contributed by atoms with van der Waals surface area (Å²) in [6.07, 6.45) is 5.40. The van der Waals surface area contributed by atoms with E-state index < -0.39 is 0 Å². The maximum atomic E-state index is 5.67. The first-order chi connectivity index (χ1) is 7.33. The van der Waals surface area contributed by atoms with Gasteiger partial charge in [0.25, 0.3) is 0 Å². The second-order valence-electron chi connectivity index (χ2n) is 3.51. The largest absolute Gasteiger partial charge is 0.330 e. The predicted molar refractivity (Wildman–Crippen MR) is 61.7 cm³/mol. The summed E-state index contributed by atoms with van der Waals surface area (Å²) in [5.74, 6) is 0.519. The normalized spacial score (nSPS) is 13.2. The highest BCUT2D eigenvalue weighted by molar-refractivity contribution is 7.18. The van der Waals surface area contributed by atoms with Crippen molar-refractivity contribution in [3.63, 3.8) is 0 Å². The maximum Gasteiger partial charge on any atom is 0.189 e. The smallest absolute Gasteiger partial charge is 0.189 e. The highest BCUT2D eigenvalue weighted by Gasteiger charge is 2.10. The lowest BCUT2D eigenvalue weighted by molar-refractivity contribution is 0.518. The topological polar surface area (TPSA) is 64.7 Å². The van der Waals surface area contributed by atoms with Gasteiger partial charge in [0.2, 0.25) is 0 Å². The van der Waals surface area contributed by atoms with E-state index in [4.69, 9.17) is 5.73 Å². The van der Waals surface area contributed by atoms with Gasteiger partial charge in [-0.15, -0.1) is 0 Å². The minimum Gasteiger partial charge on any atom is -0.330 e. The first-order valence-corrected chi connectivity index (χ1v) is 5.91. The zero-order chi connectivity index (χ0) is 10.7. The third-order valence-electron chi connectivity index (χ3n) is 2.47. The lowest BCUT2D eigenvalue weighted by atomic mass is 10.0. The van der Waals surface area contributed by atoms with Gasteiger partial charge in [-0.05, 0) is 12.5 Å². The molecule has 80 valence electrons. The second kappa shape index (κ2) is 4.63. The number of nitrogens with two attached hydrogens (primary N) is 1. The molecule has 2 heterocycles. The summed E-state index contributed by atoms with van der Waals surface area (Å²) >= 11 is 1.62. The molecule has 5 heteroatoms. The minimum atomic E-state index is 0.519. The molecule has 4 nitrogen and oxygen atoms in total. The number of nitrogens with zero attached hydrogens (tertiary/aromatic N) is 3. The van der Waals surface area contributed by atoms with E-state index in [9.17, 15) is 0 Å². The fraction of sp³-hybridized carbons (Fsp3) is 0.500. The molecule has 2 aromatic heterocycles. The van der Waals surface area contributed by atoms with Crippen molar-refractivity contribution < 1.29 is 0 Å². The van der Waals surface area contributed by atoms with Crippen LogP contribution in [0.25, 0.3) is 10.5 Å². The monoisotopic (exact) mass is 222 g/mol. The van der Waals surface area contributed by atoms with Gasteiger partial charge in [0, 0.05) is 18.8 Å². The van der Waals surface area contributed by atoms with Crippen molar-refractivity contribution in [2.75, 3.05) is 6.54 Å². The van der Waals surface area contributed by atoms with Crippen LogP contribution in [-0.2, 0) is 6.42 Å². The van der Waals surface area contributed by atoms with Crippen LogP contribution < -0.4 is 5.73 Å². The zero-order valence-corrected chi connectivity index (χ0v) is 9.50.